The summed E-state index contributed by atoms with van der Waals surface area (Å²) < 4.78 is 0. The summed E-state index contributed by atoms with van der Waals surface area (Å²) in [6, 6.07) is 0. The molecule has 0 spiro atoms. The Bertz CT molecular complexity index is 101. The van der Waals surface area contributed by atoms with E-state index in [0.29, 0.717) is 0 Å². The van der Waals surface area contributed by atoms with E-state index in [4.69, 9.17) is 0 Å². The number of nitrogens with zero attached hydrogens (tertiary/aromatic N) is 1. The maximum absolute atomic E-state index is 3.81. The molecule has 0 bridgehead atoms. The van der Waals surface area contributed by atoms with Crippen LogP contribution < -0.4 is 0 Å². The van der Waals surface area contributed by atoms with Crippen LogP contribution in [-0.2, 0) is 0 Å². The molecule has 0 fully saturated rings. The third-order valence-electron chi connectivity index (χ3n) is 1.62. The molecule has 2 heteroatoms. The van der Waals surface area contributed by atoms with Crippen molar-refractivity contribution in [1.29, 1.82) is 0 Å². The van der Waals surface area contributed by atoms with E-state index in [1.165, 1.54) is 13.0 Å². The van der Waals surface area contributed by atoms with Gasteiger partial charge in [-0.3, -0.25) is 4.90 Å². The van der Waals surface area contributed by atoms with Crippen molar-refractivity contribution in [3.05, 3.63) is 19.1 Å². The van der Waals surface area contributed by atoms with E-state index < -0.39 is 0 Å². The van der Waals surface area contributed by atoms with Crippen molar-refractivity contribution < 1.29 is 0 Å². The molecule has 0 aromatic rings. The zero-order valence-electron chi connectivity index (χ0n) is 5.84. The van der Waals surface area contributed by atoms with Gasteiger partial charge in [0, 0.05) is 13.1 Å². The first-order valence-electron chi connectivity index (χ1n) is 3.60. The second-order valence-electron chi connectivity index (χ2n) is 2.41. The van der Waals surface area contributed by atoms with Crippen molar-refractivity contribution in [2.45, 2.75) is 12.8 Å². The standard InChI is InChI=1S/C8H14N.Li.H/c1-2-6-9-7-4-3-5-8-9;;/h3-4H,1-2,5-8H2;;. The summed E-state index contributed by atoms with van der Waals surface area (Å²) in [5.41, 5.74) is 0. The van der Waals surface area contributed by atoms with E-state index in [-0.39, 0.29) is 18.9 Å². The molecule has 0 atom stereocenters. The molecular weight excluding hydrogens is 117 g/mol. The number of rotatable bonds is 2. The average molecular weight is 132 g/mol. The van der Waals surface area contributed by atoms with Gasteiger partial charge in [0.25, 0.3) is 0 Å². The Morgan fingerprint density at radius 1 is 1.40 bits per heavy atom. The molecule has 0 aliphatic carbocycles. The molecule has 0 aromatic heterocycles. The molecule has 1 aliphatic heterocycles. The zero-order valence-corrected chi connectivity index (χ0v) is 5.84. The van der Waals surface area contributed by atoms with Crippen LogP contribution in [0.5, 0.6) is 0 Å². The van der Waals surface area contributed by atoms with Crippen molar-refractivity contribution in [1.82, 2.24) is 4.90 Å². The first-order chi connectivity index (χ1) is 4.43. The molecule has 53 valence electrons. The monoisotopic (exact) mass is 132 g/mol. The summed E-state index contributed by atoms with van der Waals surface area (Å²) in [6.07, 6.45) is 6.74. The van der Waals surface area contributed by atoms with Crippen molar-refractivity contribution in [2.75, 3.05) is 19.6 Å². The van der Waals surface area contributed by atoms with E-state index in [0.717, 1.165) is 19.5 Å². The van der Waals surface area contributed by atoms with Crippen LogP contribution in [-0.4, -0.2) is 43.4 Å². The normalized spacial score (nSPS) is 18.5. The Hall–Kier alpha value is 0.297. The van der Waals surface area contributed by atoms with Crippen LogP contribution >= 0.6 is 0 Å². The van der Waals surface area contributed by atoms with Crippen LogP contribution in [0.15, 0.2) is 12.2 Å². The molecule has 0 saturated heterocycles. The second kappa shape index (κ2) is 6.04. The summed E-state index contributed by atoms with van der Waals surface area (Å²) in [6.45, 7) is 7.33. The molecular formula is C8H15LiN. The molecule has 1 radical (unpaired) electrons. The Balaban J connectivity index is 0.000000810. The fraction of sp³-hybridized carbons (Fsp3) is 0.625. The molecule has 1 nitrogen and oxygen atoms in total. The minimum atomic E-state index is 0. The third kappa shape index (κ3) is 3.46. The van der Waals surface area contributed by atoms with Gasteiger partial charge in [0.05, 0.1) is 0 Å². The topological polar surface area (TPSA) is 3.24 Å². The van der Waals surface area contributed by atoms with Gasteiger partial charge < -0.3 is 0 Å². The third-order valence-corrected chi connectivity index (χ3v) is 1.62. The second-order valence-corrected chi connectivity index (χ2v) is 2.41. The SMILES string of the molecule is [CH2]CCN1CC=CCC1.[LiH]. The molecule has 0 saturated carbocycles. The van der Waals surface area contributed by atoms with E-state index in [1.54, 1.807) is 0 Å². The van der Waals surface area contributed by atoms with E-state index in [2.05, 4.69) is 24.0 Å². The van der Waals surface area contributed by atoms with Crippen LogP contribution in [0.1, 0.15) is 12.8 Å². The summed E-state index contributed by atoms with van der Waals surface area (Å²) in [5, 5.41) is 0. The number of hydrogen-bond donors (Lipinski definition) is 0. The maximum atomic E-state index is 3.81. The van der Waals surface area contributed by atoms with Crippen molar-refractivity contribution in [3.8, 4) is 0 Å². The van der Waals surface area contributed by atoms with Crippen LogP contribution in [0.3, 0.4) is 0 Å². The van der Waals surface area contributed by atoms with Gasteiger partial charge in [0.2, 0.25) is 0 Å². The minimum absolute atomic E-state index is 0. The Morgan fingerprint density at radius 3 is 2.70 bits per heavy atom. The molecule has 0 N–H and O–H groups in total. The van der Waals surface area contributed by atoms with Gasteiger partial charge in [-0.2, -0.15) is 0 Å². The molecule has 10 heavy (non-hydrogen) atoms. The Morgan fingerprint density at radius 2 is 2.20 bits per heavy atom. The molecule has 1 aliphatic rings. The van der Waals surface area contributed by atoms with Gasteiger partial charge in [-0.1, -0.05) is 19.1 Å². The quantitative estimate of drug-likeness (QED) is 0.397. The van der Waals surface area contributed by atoms with Crippen LogP contribution in [0.2, 0.25) is 0 Å². The number of hydrogen-bond acceptors (Lipinski definition) is 1. The molecule has 1 heterocycles. The van der Waals surface area contributed by atoms with E-state index in [1.807, 2.05) is 0 Å². The molecule has 0 amide bonds. The Labute approximate surface area is 75.7 Å². The summed E-state index contributed by atoms with van der Waals surface area (Å²) in [4.78, 5) is 2.42. The van der Waals surface area contributed by atoms with E-state index in [9.17, 15) is 0 Å². The summed E-state index contributed by atoms with van der Waals surface area (Å²) in [7, 11) is 0. The van der Waals surface area contributed by atoms with Gasteiger partial charge in [-0.15, -0.1) is 0 Å². The molecule has 0 unspecified atom stereocenters. The first kappa shape index (κ1) is 10.3. The van der Waals surface area contributed by atoms with Crippen LogP contribution in [0.4, 0.5) is 0 Å². The summed E-state index contributed by atoms with van der Waals surface area (Å²) >= 11 is 0. The van der Waals surface area contributed by atoms with E-state index >= 15 is 0 Å². The predicted octanol–water partition coefficient (Wildman–Crippen LogP) is 0.824. The Kier molecular flexibility index (Phi) is 6.22. The van der Waals surface area contributed by atoms with Crippen molar-refractivity contribution in [3.63, 3.8) is 0 Å². The molecule has 1 rings (SSSR count). The van der Waals surface area contributed by atoms with Crippen molar-refractivity contribution in [2.24, 2.45) is 0 Å². The average Bonchev–Trinajstić information content (AvgIpc) is 1.91. The van der Waals surface area contributed by atoms with Crippen LogP contribution in [0, 0.1) is 6.92 Å². The van der Waals surface area contributed by atoms with Gasteiger partial charge in [-0.05, 0) is 19.4 Å². The van der Waals surface area contributed by atoms with Gasteiger partial charge in [0.15, 0.2) is 0 Å². The van der Waals surface area contributed by atoms with Gasteiger partial charge >= 0.3 is 18.9 Å². The first-order valence-corrected chi connectivity index (χ1v) is 3.60. The molecule has 0 aromatic carbocycles. The predicted molar refractivity (Wildman–Crippen MR) is 47.3 cm³/mol. The van der Waals surface area contributed by atoms with Gasteiger partial charge in [0.1, 0.15) is 0 Å². The fourth-order valence-corrected chi connectivity index (χ4v) is 1.12. The summed E-state index contributed by atoms with van der Waals surface area (Å²) in [5.74, 6) is 0. The fourth-order valence-electron chi connectivity index (χ4n) is 1.12. The van der Waals surface area contributed by atoms with Gasteiger partial charge in [-0.25, -0.2) is 0 Å². The van der Waals surface area contributed by atoms with Crippen LogP contribution in [0.25, 0.3) is 0 Å². The zero-order chi connectivity index (χ0) is 6.53. The van der Waals surface area contributed by atoms with Crippen molar-refractivity contribution >= 4 is 18.9 Å².